The molecule has 0 spiro atoms. The van der Waals surface area contributed by atoms with Gasteiger partial charge in [-0.25, -0.2) is 21.2 Å². The Morgan fingerprint density at radius 3 is 2.33 bits per heavy atom. The first-order valence-corrected chi connectivity index (χ1v) is 12.1. The Morgan fingerprint density at radius 1 is 1.00 bits per heavy atom. The number of rotatable bonds is 7. The van der Waals surface area contributed by atoms with Crippen LogP contribution in [0, 0.1) is 5.82 Å². The Hall–Kier alpha value is -1.77. The molecule has 27 heavy (non-hydrogen) atoms. The van der Waals surface area contributed by atoms with Crippen LogP contribution >= 0.6 is 0 Å². The molecule has 1 heterocycles. The van der Waals surface area contributed by atoms with Crippen LogP contribution in [-0.4, -0.2) is 46.2 Å². The van der Waals surface area contributed by atoms with Gasteiger partial charge >= 0.3 is 0 Å². The van der Waals surface area contributed by atoms with Crippen molar-refractivity contribution in [1.82, 2.24) is 5.32 Å². The summed E-state index contributed by atoms with van der Waals surface area (Å²) < 4.78 is 63.0. The molecule has 1 aliphatic rings. The van der Waals surface area contributed by atoms with Crippen molar-refractivity contribution in [3.63, 3.8) is 0 Å². The number of halogens is 1. The maximum atomic E-state index is 13.1. The lowest BCUT2D eigenvalue weighted by molar-refractivity contribution is 0.519. The zero-order valence-corrected chi connectivity index (χ0v) is 16.3. The van der Waals surface area contributed by atoms with Gasteiger partial charge in [0, 0.05) is 6.04 Å². The van der Waals surface area contributed by atoms with Crippen LogP contribution in [0.3, 0.4) is 0 Å². The van der Waals surface area contributed by atoms with Crippen molar-refractivity contribution in [3.8, 4) is 0 Å². The Balaban J connectivity index is 1.68. The van der Waals surface area contributed by atoms with Crippen LogP contribution in [0.15, 0.2) is 59.5 Å². The minimum Gasteiger partial charge on any atom is -0.312 e. The van der Waals surface area contributed by atoms with E-state index in [4.69, 9.17) is 0 Å². The maximum absolute atomic E-state index is 13.1. The first kappa shape index (κ1) is 20.0. The molecule has 1 aliphatic heterocycles. The van der Waals surface area contributed by atoms with Gasteiger partial charge in [0.25, 0.3) is 0 Å². The smallest absolute Gasteiger partial charge is 0.183 e. The molecule has 0 radical (unpaired) electrons. The molecule has 0 amide bonds. The highest BCUT2D eigenvalue weighted by molar-refractivity contribution is 7.96. The van der Waals surface area contributed by atoms with Crippen LogP contribution in [0.25, 0.3) is 0 Å². The monoisotopic (exact) mass is 411 g/mol. The fraction of sp³-hybridized carbons (Fsp3) is 0.368. The molecule has 1 N–H and O–H groups in total. The van der Waals surface area contributed by atoms with E-state index in [1.54, 1.807) is 0 Å². The van der Waals surface area contributed by atoms with Crippen molar-refractivity contribution in [2.24, 2.45) is 0 Å². The van der Waals surface area contributed by atoms with Crippen LogP contribution in [-0.2, 0) is 26.1 Å². The molecule has 1 fully saturated rings. The molecule has 8 heteroatoms. The summed E-state index contributed by atoms with van der Waals surface area (Å²) >= 11 is 0. The number of hydrogen-bond donors (Lipinski definition) is 1. The highest BCUT2D eigenvalue weighted by atomic mass is 32.2. The average Bonchev–Trinajstić information content (AvgIpc) is 2.95. The topological polar surface area (TPSA) is 80.3 Å². The first-order valence-electron chi connectivity index (χ1n) is 8.75. The number of hydrogen-bond acceptors (Lipinski definition) is 5. The molecule has 2 unspecified atom stereocenters. The van der Waals surface area contributed by atoms with Gasteiger partial charge in [-0.3, -0.25) is 0 Å². The number of aryl methyl sites for hydroxylation is 1. The quantitative estimate of drug-likeness (QED) is 0.557. The fourth-order valence-corrected chi connectivity index (χ4v) is 8.05. The van der Waals surface area contributed by atoms with E-state index in [0.717, 1.165) is 25.0 Å². The van der Waals surface area contributed by atoms with Gasteiger partial charge in [0.2, 0.25) is 0 Å². The van der Waals surface area contributed by atoms with E-state index < -0.39 is 42.5 Å². The van der Waals surface area contributed by atoms with E-state index in [-0.39, 0.29) is 10.6 Å². The van der Waals surface area contributed by atoms with Gasteiger partial charge in [-0.1, -0.05) is 30.3 Å². The van der Waals surface area contributed by atoms with Crippen LogP contribution in [0.4, 0.5) is 4.39 Å². The Kier molecular flexibility index (Phi) is 5.98. The second-order valence-corrected chi connectivity index (χ2v) is 11.1. The zero-order valence-electron chi connectivity index (χ0n) is 14.7. The van der Waals surface area contributed by atoms with Gasteiger partial charge in [0.1, 0.15) is 5.82 Å². The van der Waals surface area contributed by atoms with Gasteiger partial charge in [0.15, 0.2) is 19.7 Å². The highest BCUT2D eigenvalue weighted by Gasteiger charge is 2.45. The Morgan fingerprint density at radius 2 is 1.67 bits per heavy atom. The normalized spacial score (nSPS) is 22.0. The lowest BCUT2D eigenvalue weighted by atomic mass is 10.1. The van der Waals surface area contributed by atoms with Gasteiger partial charge in [-0.15, -0.1) is 0 Å². The summed E-state index contributed by atoms with van der Waals surface area (Å²) in [6.07, 6.45) is 1.59. The molecular weight excluding hydrogens is 389 g/mol. The van der Waals surface area contributed by atoms with Crippen molar-refractivity contribution in [3.05, 3.63) is 66.0 Å². The molecule has 0 aliphatic carbocycles. The first-order chi connectivity index (χ1) is 12.8. The summed E-state index contributed by atoms with van der Waals surface area (Å²) in [7, 11) is -7.32. The van der Waals surface area contributed by atoms with Gasteiger partial charge in [-0.2, -0.15) is 0 Å². The molecule has 0 saturated carbocycles. The van der Waals surface area contributed by atoms with Crippen molar-refractivity contribution >= 4 is 19.7 Å². The van der Waals surface area contributed by atoms with E-state index in [1.165, 1.54) is 17.7 Å². The third-order valence-electron chi connectivity index (χ3n) is 4.73. The number of sulfone groups is 2. The van der Waals surface area contributed by atoms with E-state index in [2.05, 4.69) is 5.32 Å². The number of nitrogens with one attached hydrogen (secondary N) is 1. The fourth-order valence-electron chi connectivity index (χ4n) is 3.34. The van der Waals surface area contributed by atoms with Crippen molar-refractivity contribution in [1.29, 1.82) is 0 Å². The van der Waals surface area contributed by atoms with Crippen LogP contribution < -0.4 is 5.32 Å². The Labute approximate surface area is 159 Å². The standard InChI is InChI=1S/C19H22FNO4S2/c20-16-8-10-17(11-9-16)27(24,25)19-14-26(22,23)13-18(19)21-12-4-7-15-5-2-1-3-6-15/h1-3,5-6,8-11,18-19,21H,4,7,12-14H2. The molecular formula is C19H22FNO4S2. The summed E-state index contributed by atoms with van der Waals surface area (Å²) in [5.41, 5.74) is 1.17. The van der Waals surface area contributed by atoms with Gasteiger partial charge in [0.05, 0.1) is 21.7 Å². The summed E-state index contributed by atoms with van der Waals surface area (Å²) in [6.45, 7) is 0.518. The minimum absolute atomic E-state index is 0.0536. The van der Waals surface area contributed by atoms with Crippen LogP contribution in [0.1, 0.15) is 12.0 Å². The molecule has 2 aromatic rings. The largest absolute Gasteiger partial charge is 0.312 e. The summed E-state index contributed by atoms with van der Waals surface area (Å²) in [6, 6.07) is 13.7. The van der Waals surface area contributed by atoms with Crippen molar-refractivity contribution in [2.45, 2.75) is 29.0 Å². The summed E-state index contributed by atoms with van der Waals surface area (Å²) in [5, 5.41) is 2.05. The third kappa shape index (κ3) is 4.94. The average molecular weight is 412 g/mol. The summed E-state index contributed by atoms with van der Waals surface area (Å²) in [4.78, 5) is -0.0536. The number of benzene rings is 2. The van der Waals surface area contributed by atoms with E-state index in [9.17, 15) is 21.2 Å². The van der Waals surface area contributed by atoms with E-state index in [0.29, 0.717) is 6.54 Å². The third-order valence-corrected chi connectivity index (χ3v) is 8.90. The van der Waals surface area contributed by atoms with Crippen molar-refractivity contribution in [2.75, 3.05) is 18.1 Å². The predicted molar refractivity (Wildman–Crippen MR) is 103 cm³/mol. The molecule has 5 nitrogen and oxygen atoms in total. The lowest BCUT2D eigenvalue weighted by Crippen LogP contribution is -2.43. The molecule has 0 aromatic heterocycles. The van der Waals surface area contributed by atoms with Crippen LogP contribution in [0.5, 0.6) is 0 Å². The van der Waals surface area contributed by atoms with Crippen molar-refractivity contribution < 1.29 is 21.2 Å². The second kappa shape index (κ2) is 8.08. The lowest BCUT2D eigenvalue weighted by Gasteiger charge is -2.20. The molecule has 2 aromatic carbocycles. The van der Waals surface area contributed by atoms with Gasteiger partial charge < -0.3 is 5.32 Å². The molecule has 1 saturated heterocycles. The molecule has 2 atom stereocenters. The highest BCUT2D eigenvalue weighted by Crippen LogP contribution is 2.26. The maximum Gasteiger partial charge on any atom is 0.183 e. The Bertz CT molecular complexity index is 974. The predicted octanol–water partition coefficient (Wildman–Crippen LogP) is 1.99. The minimum atomic E-state index is -3.87. The second-order valence-electron chi connectivity index (χ2n) is 6.76. The van der Waals surface area contributed by atoms with E-state index >= 15 is 0 Å². The van der Waals surface area contributed by atoms with Crippen LogP contribution in [0.2, 0.25) is 0 Å². The SMILES string of the molecule is O=S1(=O)CC(NCCCc2ccccc2)C(S(=O)(=O)c2ccc(F)cc2)C1. The van der Waals surface area contributed by atoms with Gasteiger partial charge in [-0.05, 0) is 49.2 Å². The molecule has 146 valence electrons. The molecule has 3 rings (SSSR count). The zero-order chi connectivity index (χ0) is 19.5. The van der Waals surface area contributed by atoms with E-state index in [1.807, 2.05) is 30.3 Å². The summed E-state index contributed by atoms with van der Waals surface area (Å²) in [5.74, 6) is -1.16. The molecule has 0 bridgehead atoms.